The second-order valence-electron chi connectivity index (χ2n) is 8.07. The molecule has 5 heteroatoms. The first-order valence-corrected chi connectivity index (χ1v) is 10.5. The Hall–Kier alpha value is -2.11. The van der Waals surface area contributed by atoms with Gasteiger partial charge in [-0.25, -0.2) is 0 Å². The molecule has 0 aliphatic carbocycles. The molecule has 1 saturated heterocycles. The molecule has 1 N–H and O–H groups in total. The zero-order valence-corrected chi connectivity index (χ0v) is 17.7. The SMILES string of the molecule is CC1CC(C)CN(Cc2c(O)ccc3c(=O)c(-c4ccc(Br)cc4)coc23)C1. The first-order chi connectivity index (χ1) is 13.4. The summed E-state index contributed by atoms with van der Waals surface area (Å²) in [7, 11) is 0. The van der Waals surface area contributed by atoms with Gasteiger partial charge in [0.2, 0.25) is 5.43 Å². The van der Waals surface area contributed by atoms with Gasteiger partial charge in [0, 0.05) is 24.1 Å². The van der Waals surface area contributed by atoms with E-state index in [1.54, 1.807) is 12.1 Å². The van der Waals surface area contributed by atoms with Gasteiger partial charge in [-0.2, -0.15) is 0 Å². The fourth-order valence-electron chi connectivity index (χ4n) is 4.37. The molecule has 0 spiro atoms. The maximum atomic E-state index is 13.1. The predicted molar refractivity (Wildman–Crippen MR) is 116 cm³/mol. The van der Waals surface area contributed by atoms with E-state index in [2.05, 4.69) is 34.7 Å². The maximum absolute atomic E-state index is 13.1. The lowest BCUT2D eigenvalue weighted by Gasteiger charge is -2.35. The topological polar surface area (TPSA) is 53.7 Å². The molecule has 1 aliphatic heterocycles. The van der Waals surface area contributed by atoms with Crippen molar-refractivity contribution in [1.29, 1.82) is 0 Å². The summed E-state index contributed by atoms with van der Waals surface area (Å²) in [5.74, 6) is 1.42. The third-order valence-corrected chi connectivity index (χ3v) is 6.03. The van der Waals surface area contributed by atoms with Gasteiger partial charge in [0.25, 0.3) is 0 Å². The van der Waals surface area contributed by atoms with Crippen molar-refractivity contribution >= 4 is 26.9 Å². The van der Waals surface area contributed by atoms with Crippen molar-refractivity contribution < 1.29 is 9.52 Å². The van der Waals surface area contributed by atoms with Gasteiger partial charge in [0.05, 0.1) is 16.5 Å². The number of aromatic hydroxyl groups is 1. The number of fused-ring (bicyclic) bond motifs is 1. The number of likely N-dealkylation sites (tertiary alicyclic amines) is 1. The highest BCUT2D eigenvalue weighted by molar-refractivity contribution is 9.10. The molecule has 2 heterocycles. The lowest BCUT2D eigenvalue weighted by molar-refractivity contribution is 0.133. The van der Waals surface area contributed by atoms with E-state index in [1.807, 2.05) is 24.3 Å². The number of rotatable bonds is 3. The van der Waals surface area contributed by atoms with E-state index in [9.17, 15) is 9.90 Å². The van der Waals surface area contributed by atoms with Crippen LogP contribution in [0.25, 0.3) is 22.1 Å². The zero-order valence-electron chi connectivity index (χ0n) is 16.1. The molecule has 146 valence electrons. The summed E-state index contributed by atoms with van der Waals surface area (Å²) >= 11 is 3.42. The lowest BCUT2D eigenvalue weighted by Crippen LogP contribution is -2.38. The second-order valence-corrected chi connectivity index (χ2v) is 8.98. The van der Waals surface area contributed by atoms with Crippen LogP contribution in [-0.2, 0) is 6.54 Å². The summed E-state index contributed by atoms with van der Waals surface area (Å²) in [5.41, 5.74) is 2.43. The fraction of sp³-hybridized carbons (Fsp3) is 0.348. The van der Waals surface area contributed by atoms with Crippen LogP contribution in [0, 0.1) is 11.8 Å². The number of halogens is 1. The number of benzene rings is 2. The van der Waals surface area contributed by atoms with E-state index in [4.69, 9.17) is 4.42 Å². The quantitative estimate of drug-likeness (QED) is 0.590. The van der Waals surface area contributed by atoms with Crippen molar-refractivity contribution in [3.63, 3.8) is 0 Å². The van der Waals surface area contributed by atoms with Crippen LogP contribution in [-0.4, -0.2) is 23.1 Å². The van der Waals surface area contributed by atoms with Crippen molar-refractivity contribution in [2.24, 2.45) is 11.8 Å². The van der Waals surface area contributed by atoms with Crippen LogP contribution < -0.4 is 5.43 Å². The van der Waals surface area contributed by atoms with Gasteiger partial charge in [-0.1, -0.05) is 41.9 Å². The average Bonchev–Trinajstić information content (AvgIpc) is 2.64. The van der Waals surface area contributed by atoms with Crippen LogP contribution >= 0.6 is 15.9 Å². The minimum absolute atomic E-state index is 0.0785. The van der Waals surface area contributed by atoms with Gasteiger partial charge in [-0.3, -0.25) is 9.69 Å². The van der Waals surface area contributed by atoms with E-state index in [-0.39, 0.29) is 11.2 Å². The van der Waals surface area contributed by atoms with Gasteiger partial charge in [-0.05, 0) is 48.1 Å². The molecule has 2 aromatic carbocycles. The van der Waals surface area contributed by atoms with E-state index in [0.29, 0.717) is 40.5 Å². The molecule has 0 saturated carbocycles. The van der Waals surface area contributed by atoms with Gasteiger partial charge >= 0.3 is 0 Å². The highest BCUT2D eigenvalue weighted by atomic mass is 79.9. The van der Waals surface area contributed by atoms with Gasteiger partial charge in [0.15, 0.2) is 0 Å². The number of hydrogen-bond donors (Lipinski definition) is 1. The minimum atomic E-state index is -0.0785. The molecule has 0 amide bonds. The Labute approximate surface area is 172 Å². The van der Waals surface area contributed by atoms with E-state index in [1.165, 1.54) is 12.7 Å². The summed E-state index contributed by atoms with van der Waals surface area (Å²) < 4.78 is 6.87. The van der Waals surface area contributed by atoms with Gasteiger partial charge < -0.3 is 9.52 Å². The smallest absolute Gasteiger partial charge is 0.200 e. The van der Waals surface area contributed by atoms with E-state index < -0.39 is 0 Å². The molecular formula is C23H24BrNO3. The van der Waals surface area contributed by atoms with Crippen molar-refractivity contribution in [2.45, 2.75) is 26.8 Å². The number of nitrogens with zero attached hydrogens (tertiary/aromatic N) is 1. The first-order valence-electron chi connectivity index (χ1n) is 9.67. The Morgan fingerprint density at radius 1 is 1.11 bits per heavy atom. The molecule has 0 radical (unpaired) electrons. The number of piperidine rings is 1. The Kier molecular flexibility index (Phi) is 5.30. The summed E-state index contributed by atoms with van der Waals surface area (Å²) in [6.07, 6.45) is 2.74. The normalized spacial score (nSPS) is 20.5. The highest BCUT2D eigenvalue weighted by Gasteiger charge is 2.24. The van der Waals surface area contributed by atoms with Crippen molar-refractivity contribution in [1.82, 2.24) is 4.90 Å². The van der Waals surface area contributed by atoms with Crippen LogP contribution in [0.5, 0.6) is 5.75 Å². The van der Waals surface area contributed by atoms with Crippen LogP contribution in [0.2, 0.25) is 0 Å². The van der Waals surface area contributed by atoms with E-state index in [0.717, 1.165) is 23.1 Å². The number of phenolic OH excluding ortho intramolecular Hbond substituents is 1. The van der Waals surface area contributed by atoms with Crippen LogP contribution in [0.4, 0.5) is 0 Å². The number of phenols is 1. The van der Waals surface area contributed by atoms with Gasteiger partial charge in [-0.15, -0.1) is 0 Å². The van der Waals surface area contributed by atoms with Gasteiger partial charge in [0.1, 0.15) is 17.6 Å². The molecule has 4 rings (SSSR count). The summed E-state index contributed by atoms with van der Waals surface area (Å²) in [6.45, 7) is 7.08. The van der Waals surface area contributed by atoms with Crippen LogP contribution in [0.1, 0.15) is 25.8 Å². The summed E-state index contributed by atoms with van der Waals surface area (Å²) in [5, 5.41) is 11.0. The van der Waals surface area contributed by atoms with Crippen LogP contribution in [0.3, 0.4) is 0 Å². The van der Waals surface area contributed by atoms with E-state index >= 15 is 0 Å². The van der Waals surface area contributed by atoms with Crippen molar-refractivity contribution in [3.8, 4) is 16.9 Å². The molecule has 1 fully saturated rings. The maximum Gasteiger partial charge on any atom is 0.200 e. The Morgan fingerprint density at radius 2 is 1.79 bits per heavy atom. The van der Waals surface area contributed by atoms with Crippen LogP contribution in [0.15, 0.2) is 56.3 Å². The molecular weight excluding hydrogens is 418 g/mol. The molecule has 2 atom stereocenters. The number of hydrogen-bond acceptors (Lipinski definition) is 4. The lowest BCUT2D eigenvalue weighted by atomic mass is 9.91. The standard InChI is InChI=1S/C23H24BrNO3/c1-14-9-15(2)11-25(10-14)12-19-21(26)8-7-18-22(27)20(13-28-23(18)19)16-3-5-17(24)6-4-16/h3-8,13-15,26H,9-12H2,1-2H3. The molecule has 0 bridgehead atoms. The highest BCUT2D eigenvalue weighted by Crippen LogP contribution is 2.31. The molecule has 2 unspecified atom stereocenters. The molecule has 3 aromatic rings. The zero-order chi connectivity index (χ0) is 19.8. The Bertz CT molecular complexity index is 1050. The molecule has 4 nitrogen and oxygen atoms in total. The molecule has 1 aromatic heterocycles. The monoisotopic (exact) mass is 441 g/mol. The minimum Gasteiger partial charge on any atom is -0.507 e. The first kappa shape index (κ1) is 19.2. The third kappa shape index (κ3) is 3.74. The predicted octanol–water partition coefficient (Wildman–Crippen LogP) is 5.41. The summed E-state index contributed by atoms with van der Waals surface area (Å²) in [4.78, 5) is 15.4. The van der Waals surface area contributed by atoms with Crippen molar-refractivity contribution in [3.05, 3.63) is 62.9 Å². The molecule has 1 aliphatic rings. The fourth-order valence-corrected chi connectivity index (χ4v) is 4.64. The van der Waals surface area contributed by atoms with Crippen molar-refractivity contribution in [2.75, 3.05) is 13.1 Å². The largest absolute Gasteiger partial charge is 0.507 e. The Balaban J connectivity index is 1.76. The average molecular weight is 442 g/mol. The molecule has 28 heavy (non-hydrogen) atoms. The third-order valence-electron chi connectivity index (χ3n) is 5.50. The second kappa shape index (κ2) is 7.72. The summed E-state index contributed by atoms with van der Waals surface area (Å²) in [6, 6.07) is 10.8. The Morgan fingerprint density at radius 3 is 2.46 bits per heavy atom.